The molecule has 6 heteroatoms. The molecule has 1 rings (SSSR count). The lowest BCUT2D eigenvalue weighted by Crippen LogP contribution is -2.10. The second-order valence-electron chi connectivity index (χ2n) is 1.88. The molecule has 66 valence electrons. The first-order chi connectivity index (χ1) is 5.52. The van der Waals surface area contributed by atoms with Crippen molar-refractivity contribution in [1.29, 1.82) is 0 Å². The van der Waals surface area contributed by atoms with Gasteiger partial charge in [-0.05, 0) is 59.9 Å². The number of aromatic nitrogens is 1. The van der Waals surface area contributed by atoms with Crippen molar-refractivity contribution in [3.05, 3.63) is 24.4 Å². The number of hydrogen-bond donors (Lipinski definition) is 0. The van der Waals surface area contributed by atoms with E-state index >= 15 is 0 Å². The molecule has 0 saturated heterocycles. The van der Waals surface area contributed by atoms with Crippen molar-refractivity contribution in [2.75, 3.05) is 0 Å². The largest absolute Gasteiger partial charge is 0.249 e. The second-order valence-corrected chi connectivity index (χ2v) is 11.8. The van der Waals surface area contributed by atoms with Gasteiger partial charge in [-0.3, -0.25) is 0 Å². The third kappa shape index (κ3) is 2.90. The van der Waals surface area contributed by atoms with Gasteiger partial charge in [0.25, 0.3) is 0 Å². The van der Waals surface area contributed by atoms with Gasteiger partial charge < -0.3 is 0 Å². The van der Waals surface area contributed by atoms with Crippen molar-refractivity contribution in [2.24, 2.45) is 0 Å². The van der Waals surface area contributed by atoms with Gasteiger partial charge in [-0.2, -0.15) is 0 Å². The highest BCUT2D eigenvalue weighted by molar-refractivity contribution is 9.42. The number of pyridine rings is 1. The van der Waals surface area contributed by atoms with Crippen LogP contribution in [0.1, 0.15) is 0 Å². The molecule has 0 aliphatic rings. The second kappa shape index (κ2) is 4.30. The van der Waals surface area contributed by atoms with Gasteiger partial charge in [-0.15, -0.1) is 0 Å². The van der Waals surface area contributed by atoms with E-state index in [1.165, 1.54) is 0 Å². The van der Waals surface area contributed by atoms with Crippen molar-refractivity contribution < 1.29 is 4.21 Å². The third-order valence-electron chi connectivity index (χ3n) is 1.04. The van der Waals surface area contributed by atoms with Crippen molar-refractivity contribution in [2.45, 2.75) is 6.50 Å². The van der Waals surface area contributed by atoms with E-state index in [4.69, 9.17) is 0 Å². The lowest BCUT2D eigenvalue weighted by atomic mass is 10.5. The smallest absolute Gasteiger partial charge is 0.215 e. The summed E-state index contributed by atoms with van der Waals surface area (Å²) in [6, 6.07) is 5.27. The molecule has 0 aliphatic heterocycles. The summed E-state index contributed by atoms with van der Waals surface area (Å²) in [5.74, 6) is 0. The maximum absolute atomic E-state index is 11.6. The van der Waals surface area contributed by atoms with E-state index in [1.807, 2.05) is 0 Å². The molecule has 1 aromatic rings. The van der Waals surface area contributed by atoms with Crippen LogP contribution in [0.3, 0.4) is 0 Å². The quantitative estimate of drug-likeness (QED) is 0.704. The lowest BCUT2D eigenvalue weighted by Gasteiger charge is -2.09. The number of nitrogens with zero attached hydrogens (tertiary/aromatic N) is 1. The van der Waals surface area contributed by atoms with E-state index < -0.39 is 12.3 Å². The summed E-state index contributed by atoms with van der Waals surface area (Å²) in [7, 11) is -1.26. The number of halogens is 3. The van der Waals surface area contributed by atoms with Gasteiger partial charge in [-0.25, -0.2) is 9.19 Å². The van der Waals surface area contributed by atoms with E-state index in [-0.39, 0.29) is 0 Å². The van der Waals surface area contributed by atoms with Crippen molar-refractivity contribution in [3.8, 4) is 0 Å². The molecule has 1 heterocycles. The van der Waals surface area contributed by atoms with Crippen LogP contribution in [0.5, 0.6) is 0 Å². The minimum absolute atomic E-state index is 0.517. The maximum atomic E-state index is 11.6. The zero-order valence-corrected chi connectivity index (χ0v) is 11.3. The molecule has 0 bridgehead atoms. The Morgan fingerprint density at radius 1 is 1.33 bits per heavy atom. The van der Waals surface area contributed by atoms with Crippen LogP contribution in [0.2, 0.25) is 0 Å². The molecule has 0 aliphatic carbocycles. The van der Waals surface area contributed by atoms with Gasteiger partial charge >= 0.3 is 0 Å². The van der Waals surface area contributed by atoms with E-state index in [0.717, 1.165) is 0 Å². The minimum atomic E-state index is -1.26. The molecule has 0 fully saturated rings. The molecule has 0 amide bonds. The summed E-state index contributed by atoms with van der Waals surface area (Å²) >= 11 is 9.52. The fraction of sp³-hybridized carbons (Fsp3) is 0.167. The fourth-order valence-corrected chi connectivity index (χ4v) is 2.66. The predicted molar refractivity (Wildman–Crippen MR) is 60.2 cm³/mol. The van der Waals surface area contributed by atoms with Crippen LogP contribution in [0.25, 0.3) is 0 Å². The fourth-order valence-electron chi connectivity index (χ4n) is 0.575. The highest BCUT2D eigenvalue weighted by Crippen LogP contribution is 2.39. The summed E-state index contributed by atoms with van der Waals surface area (Å²) < 4.78 is 10.8. The van der Waals surface area contributed by atoms with Crippen molar-refractivity contribution >= 4 is 58.6 Å². The Labute approximate surface area is 98.0 Å². The van der Waals surface area contributed by atoms with E-state index in [1.54, 1.807) is 24.4 Å². The molecule has 12 heavy (non-hydrogen) atoms. The van der Waals surface area contributed by atoms with Crippen LogP contribution in [-0.2, 0) is 10.8 Å². The zero-order chi connectivity index (χ0) is 9.19. The summed E-state index contributed by atoms with van der Waals surface area (Å²) in [5, 5.41) is 0.517. The van der Waals surface area contributed by atoms with E-state index in [0.29, 0.717) is 5.03 Å². The Morgan fingerprint density at radius 3 is 2.42 bits per heavy atom. The molecule has 0 unspecified atom stereocenters. The monoisotopic (exact) mass is 375 g/mol. The summed E-state index contributed by atoms with van der Waals surface area (Å²) in [6.45, 7) is 0. The lowest BCUT2D eigenvalue weighted by molar-refractivity contribution is 0.682. The molecular weight excluding hydrogens is 374 g/mol. The highest BCUT2D eigenvalue weighted by Gasteiger charge is 2.28. The van der Waals surface area contributed by atoms with Crippen LogP contribution in [0, 0.1) is 0 Å². The molecule has 2 nitrogen and oxygen atoms in total. The SMILES string of the molecule is O=[S@@](c1ccccn1)C(Br)(Br)Br. The minimum Gasteiger partial charge on any atom is -0.249 e. The maximum Gasteiger partial charge on any atom is 0.215 e. The van der Waals surface area contributed by atoms with Crippen LogP contribution >= 0.6 is 47.8 Å². The third-order valence-corrected chi connectivity index (χ3v) is 4.73. The molecule has 0 N–H and O–H groups in total. The van der Waals surface area contributed by atoms with Gasteiger partial charge in [0.05, 0.1) is 0 Å². The van der Waals surface area contributed by atoms with Crippen LogP contribution < -0.4 is 0 Å². The Morgan fingerprint density at radius 2 is 2.00 bits per heavy atom. The average Bonchev–Trinajstić information content (AvgIpc) is 2.03. The molecule has 1 atom stereocenters. The Bertz CT molecular complexity index is 285. The Kier molecular flexibility index (Phi) is 3.88. The Hall–Kier alpha value is 0.740. The van der Waals surface area contributed by atoms with Gasteiger partial charge in [0.1, 0.15) is 15.8 Å². The molecule has 1 aromatic heterocycles. The van der Waals surface area contributed by atoms with Gasteiger partial charge in [0.15, 0.2) is 0 Å². The number of hydrogen-bond acceptors (Lipinski definition) is 2. The highest BCUT2D eigenvalue weighted by atomic mass is 80.0. The normalized spacial score (nSPS) is 14.2. The first-order valence-electron chi connectivity index (χ1n) is 2.91. The first kappa shape index (κ1) is 10.8. The van der Waals surface area contributed by atoms with E-state index in [9.17, 15) is 4.21 Å². The molecule has 0 radical (unpaired) electrons. The van der Waals surface area contributed by atoms with Crippen LogP contribution in [0.4, 0.5) is 0 Å². The summed E-state index contributed by atoms with van der Waals surface area (Å²) in [5.41, 5.74) is 0. The summed E-state index contributed by atoms with van der Waals surface area (Å²) in [4.78, 5) is 3.95. The van der Waals surface area contributed by atoms with Crippen LogP contribution in [-0.4, -0.2) is 10.7 Å². The number of rotatable bonds is 1. The predicted octanol–water partition coefficient (Wildman–Crippen LogP) is 2.99. The van der Waals surface area contributed by atoms with Crippen LogP contribution in [0.15, 0.2) is 29.4 Å². The van der Waals surface area contributed by atoms with Gasteiger partial charge in [-0.1, -0.05) is 6.07 Å². The molecule has 0 aromatic carbocycles. The topological polar surface area (TPSA) is 30.0 Å². The Balaban J connectivity index is 2.94. The van der Waals surface area contributed by atoms with E-state index in [2.05, 4.69) is 52.8 Å². The summed E-state index contributed by atoms with van der Waals surface area (Å²) in [6.07, 6.45) is 1.60. The molecule has 0 saturated carbocycles. The molecule has 0 spiro atoms. The number of alkyl halides is 3. The standard InChI is InChI=1S/C6H4Br3NOS/c7-6(8,9)12(11)5-3-1-2-4-10-5/h1-4H/t12-/m0/s1. The van der Waals surface area contributed by atoms with Gasteiger partial charge in [0, 0.05) is 6.20 Å². The molecular formula is C6H4Br3NOS. The average molecular weight is 378 g/mol. The van der Waals surface area contributed by atoms with Crippen molar-refractivity contribution in [3.63, 3.8) is 0 Å². The zero-order valence-electron chi connectivity index (χ0n) is 5.71. The van der Waals surface area contributed by atoms with Gasteiger partial charge in [0.2, 0.25) is 1.47 Å². The first-order valence-corrected chi connectivity index (χ1v) is 6.44. The van der Waals surface area contributed by atoms with Crippen molar-refractivity contribution in [1.82, 2.24) is 4.98 Å².